The Bertz CT molecular complexity index is 1100. The first kappa shape index (κ1) is 23.1. The molecule has 0 aliphatic heterocycles. The predicted octanol–water partition coefficient (Wildman–Crippen LogP) is 3.66. The highest BCUT2D eigenvalue weighted by Crippen LogP contribution is 2.22. The second-order valence-electron chi connectivity index (χ2n) is 6.68. The number of furan rings is 1. The lowest BCUT2D eigenvalue weighted by molar-refractivity contribution is -0.128. The Kier molecular flexibility index (Phi) is 8.02. The number of nitrogens with one attached hydrogen (secondary N) is 2. The summed E-state index contributed by atoms with van der Waals surface area (Å²) in [6, 6.07) is 15.6. The number of hydrogen-bond acceptors (Lipinski definition) is 6. The molecule has 0 saturated heterocycles. The van der Waals surface area contributed by atoms with Crippen LogP contribution in [0.25, 0.3) is 11.3 Å². The van der Waals surface area contributed by atoms with Gasteiger partial charge in [-0.05, 0) is 42.0 Å². The van der Waals surface area contributed by atoms with E-state index < -0.39 is 11.9 Å². The Morgan fingerprint density at radius 1 is 1.00 bits per heavy atom. The van der Waals surface area contributed by atoms with Crippen molar-refractivity contribution in [1.82, 2.24) is 5.32 Å². The van der Waals surface area contributed by atoms with Crippen LogP contribution in [-0.2, 0) is 25.6 Å². The number of esters is 1. The van der Waals surface area contributed by atoms with Gasteiger partial charge in [-0.25, -0.2) is 4.79 Å². The first-order chi connectivity index (χ1) is 15.5. The lowest BCUT2D eigenvalue weighted by Crippen LogP contribution is -2.29. The topological polar surface area (TPSA) is 107 Å². The van der Waals surface area contributed by atoms with Crippen molar-refractivity contribution in [3.05, 3.63) is 77.0 Å². The number of anilines is 1. The lowest BCUT2D eigenvalue weighted by atomic mass is 10.1. The van der Waals surface area contributed by atoms with Gasteiger partial charge < -0.3 is 24.5 Å². The number of methoxy groups -OCH3 is 1. The SMILES string of the molecule is COC(=O)c1cc(Cl)ccc1NC(=O)COCC(=O)NCc1cccc(-c2ccco2)c1. The molecule has 3 aromatic rings. The molecule has 0 radical (unpaired) electrons. The van der Waals surface area contributed by atoms with Crippen LogP contribution < -0.4 is 10.6 Å². The van der Waals surface area contributed by atoms with Gasteiger partial charge in [0.15, 0.2) is 0 Å². The Morgan fingerprint density at radius 3 is 2.56 bits per heavy atom. The smallest absolute Gasteiger partial charge is 0.340 e. The van der Waals surface area contributed by atoms with Crippen LogP contribution in [-0.4, -0.2) is 38.1 Å². The third-order valence-corrected chi connectivity index (χ3v) is 4.58. The van der Waals surface area contributed by atoms with E-state index in [1.807, 2.05) is 30.3 Å². The van der Waals surface area contributed by atoms with Gasteiger partial charge in [0, 0.05) is 17.1 Å². The van der Waals surface area contributed by atoms with Crippen molar-refractivity contribution in [1.29, 1.82) is 0 Å². The second-order valence-corrected chi connectivity index (χ2v) is 7.11. The molecule has 0 atom stereocenters. The maximum Gasteiger partial charge on any atom is 0.340 e. The number of rotatable bonds is 9. The van der Waals surface area contributed by atoms with Gasteiger partial charge in [-0.3, -0.25) is 9.59 Å². The Balaban J connectivity index is 1.44. The molecule has 3 rings (SSSR count). The van der Waals surface area contributed by atoms with Gasteiger partial charge in [-0.2, -0.15) is 0 Å². The van der Waals surface area contributed by atoms with Gasteiger partial charge in [0.2, 0.25) is 11.8 Å². The van der Waals surface area contributed by atoms with Gasteiger partial charge in [0.25, 0.3) is 0 Å². The zero-order valence-corrected chi connectivity index (χ0v) is 18.0. The fourth-order valence-corrected chi connectivity index (χ4v) is 3.03. The summed E-state index contributed by atoms with van der Waals surface area (Å²) in [7, 11) is 1.23. The third-order valence-electron chi connectivity index (χ3n) is 4.35. The average Bonchev–Trinajstić information content (AvgIpc) is 3.33. The summed E-state index contributed by atoms with van der Waals surface area (Å²) in [5.41, 5.74) is 2.14. The van der Waals surface area contributed by atoms with Gasteiger partial charge in [0.05, 0.1) is 24.6 Å². The molecule has 166 valence electrons. The van der Waals surface area contributed by atoms with Crippen LogP contribution in [0.3, 0.4) is 0 Å². The second kappa shape index (κ2) is 11.1. The molecular formula is C23H21ClN2O6. The summed E-state index contributed by atoms with van der Waals surface area (Å²) in [4.78, 5) is 36.0. The summed E-state index contributed by atoms with van der Waals surface area (Å²) in [6.07, 6.45) is 1.60. The van der Waals surface area contributed by atoms with Crippen LogP contribution in [0.2, 0.25) is 5.02 Å². The number of ether oxygens (including phenoxy) is 2. The van der Waals surface area contributed by atoms with Crippen molar-refractivity contribution in [3.8, 4) is 11.3 Å². The van der Waals surface area contributed by atoms with Crippen LogP contribution in [0.4, 0.5) is 5.69 Å². The zero-order valence-electron chi connectivity index (χ0n) is 17.2. The molecule has 2 amide bonds. The van der Waals surface area contributed by atoms with Crippen LogP contribution in [0.1, 0.15) is 15.9 Å². The van der Waals surface area contributed by atoms with E-state index in [-0.39, 0.29) is 30.4 Å². The molecule has 0 unspecified atom stereocenters. The first-order valence-corrected chi connectivity index (χ1v) is 9.99. The summed E-state index contributed by atoms with van der Waals surface area (Å²) >= 11 is 5.89. The van der Waals surface area contributed by atoms with Gasteiger partial charge in [0.1, 0.15) is 19.0 Å². The van der Waals surface area contributed by atoms with Crippen molar-refractivity contribution in [3.63, 3.8) is 0 Å². The monoisotopic (exact) mass is 456 g/mol. The highest BCUT2D eigenvalue weighted by atomic mass is 35.5. The molecule has 0 aliphatic rings. The average molecular weight is 457 g/mol. The molecule has 9 heteroatoms. The number of hydrogen-bond donors (Lipinski definition) is 2. The van der Waals surface area contributed by atoms with Crippen LogP contribution >= 0.6 is 11.6 Å². The van der Waals surface area contributed by atoms with Crippen molar-refractivity contribution in [2.45, 2.75) is 6.54 Å². The highest BCUT2D eigenvalue weighted by Gasteiger charge is 2.15. The predicted molar refractivity (Wildman–Crippen MR) is 118 cm³/mol. The van der Waals surface area contributed by atoms with Gasteiger partial charge >= 0.3 is 5.97 Å². The summed E-state index contributed by atoms with van der Waals surface area (Å²) in [5.74, 6) is -0.804. The zero-order chi connectivity index (χ0) is 22.9. The molecular weight excluding hydrogens is 436 g/mol. The van der Waals surface area contributed by atoms with E-state index >= 15 is 0 Å². The van der Waals surface area contributed by atoms with Gasteiger partial charge in [-0.15, -0.1) is 0 Å². The Hall–Kier alpha value is -3.62. The summed E-state index contributed by atoms with van der Waals surface area (Å²) < 4.78 is 15.2. The standard InChI is InChI=1S/C23H21ClN2O6/c1-30-23(29)18-11-17(24)7-8-19(18)26-22(28)14-31-13-21(27)25-12-15-4-2-5-16(10-15)20-6-3-9-32-20/h2-11H,12-14H2,1H3,(H,25,27)(H,26,28). The van der Waals surface area contributed by atoms with Crippen LogP contribution in [0.5, 0.6) is 0 Å². The molecule has 0 spiro atoms. The van der Waals surface area contributed by atoms with E-state index in [0.29, 0.717) is 11.6 Å². The highest BCUT2D eigenvalue weighted by molar-refractivity contribution is 6.31. The maximum absolute atomic E-state index is 12.1. The number of carbonyl (C=O) groups is 3. The molecule has 0 aliphatic carbocycles. The van der Waals surface area contributed by atoms with Crippen LogP contribution in [0.15, 0.2) is 65.3 Å². The number of amides is 2. The Morgan fingerprint density at radius 2 is 1.81 bits per heavy atom. The minimum Gasteiger partial charge on any atom is -0.465 e. The van der Waals surface area contributed by atoms with E-state index in [4.69, 9.17) is 20.8 Å². The first-order valence-electron chi connectivity index (χ1n) is 9.61. The molecule has 1 heterocycles. The molecule has 0 fully saturated rings. The van der Waals surface area contributed by atoms with E-state index in [0.717, 1.165) is 16.9 Å². The fourth-order valence-electron chi connectivity index (χ4n) is 2.86. The summed E-state index contributed by atoms with van der Waals surface area (Å²) in [6.45, 7) is -0.364. The molecule has 2 aromatic carbocycles. The molecule has 8 nitrogen and oxygen atoms in total. The van der Waals surface area contributed by atoms with E-state index in [9.17, 15) is 14.4 Å². The summed E-state index contributed by atoms with van der Waals surface area (Å²) in [5, 5.41) is 5.60. The quantitative estimate of drug-likeness (QED) is 0.476. The van der Waals surface area contributed by atoms with Crippen molar-refractivity contribution in [2.24, 2.45) is 0 Å². The van der Waals surface area contributed by atoms with E-state index in [1.54, 1.807) is 12.3 Å². The lowest BCUT2D eigenvalue weighted by Gasteiger charge is -2.11. The maximum atomic E-state index is 12.1. The molecule has 1 aromatic heterocycles. The fraction of sp³-hybridized carbons (Fsp3) is 0.174. The minimum atomic E-state index is -0.640. The normalized spacial score (nSPS) is 10.4. The molecule has 0 bridgehead atoms. The van der Waals surface area contributed by atoms with Crippen molar-refractivity contribution < 1.29 is 28.3 Å². The number of carbonyl (C=O) groups excluding carboxylic acids is 3. The van der Waals surface area contributed by atoms with Crippen LogP contribution in [0, 0.1) is 0 Å². The molecule has 0 saturated carbocycles. The molecule has 32 heavy (non-hydrogen) atoms. The van der Waals surface area contributed by atoms with Crippen molar-refractivity contribution >= 4 is 35.1 Å². The van der Waals surface area contributed by atoms with Crippen molar-refractivity contribution in [2.75, 3.05) is 25.6 Å². The molecule has 2 N–H and O–H groups in total. The number of benzene rings is 2. The Labute approximate surface area is 189 Å². The number of halogens is 1. The largest absolute Gasteiger partial charge is 0.465 e. The third kappa shape index (κ3) is 6.44. The van der Waals surface area contributed by atoms with E-state index in [2.05, 4.69) is 15.4 Å². The van der Waals surface area contributed by atoms with E-state index in [1.165, 1.54) is 25.3 Å². The van der Waals surface area contributed by atoms with Gasteiger partial charge in [-0.1, -0.05) is 29.8 Å². The minimum absolute atomic E-state index is 0.114.